The lowest BCUT2D eigenvalue weighted by Crippen LogP contribution is -1.94. The van der Waals surface area contributed by atoms with Crippen LogP contribution >= 0.6 is 0 Å². The highest BCUT2D eigenvalue weighted by atomic mass is 16.4. The van der Waals surface area contributed by atoms with Gasteiger partial charge in [0.2, 0.25) is 5.95 Å². The molecule has 5 nitrogen and oxygen atoms in total. The number of carboxylic acid groups (broad SMARTS) is 1. The summed E-state index contributed by atoms with van der Waals surface area (Å²) >= 11 is 0. The summed E-state index contributed by atoms with van der Waals surface area (Å²) < 4.78 is 0. The lowest BCUT2D eigenvalue weighted by molar-refractivity contribution is 0.0697. The molecule has 3 rings (SSSR count). The first-order valence-electron chi connectivity index (χ1n) is 5.77. The zero-order chi connectivity index (χ0) is 13.2. The number of nitrogens with one attached hydrogen (secondary N) is 2. The van der Waals surface area contributed by atoms with Crippen LogP contribution in [0.5, 0.6) is 0 Å². The van der Waals surface area contributed by atoms with Crippen LogP contribution in [-0.4, -0.2) is 21.0 Å². The maximum atomic E-state index is 10.9. The fraction of sp³-hybridized carbons (Fsp3) is 0. The average molecular weight is 253 g/mol. The summed E-state index contributed by atoms with van der Waals surface area (Å²) in [6.45, 7) is 0. The second-order valence-corrected chi connectivity index (χ2v) is 4.11. The summed E-state index contributed by atoms with van der Waals surface area (Å²) in [5.74, 6) is -0.363. The topological polar surface area (TPSA) is 78.0 Å². The normalized spacial score (nSPS) is 10.5. The van der Waals surface area contributed by atoms with Crippen LogP contribution in [0.4, 0.5) is 11.6 Å². The number of benzene rings is 2. The smallest absolute Gasteiger partial charge is 0.335 e. The van der Waals surface area contributed by atoms with E-state index in [1.54, 1.807) is 12.1 Å². The van der Waals surface area contributed by atoms with Crippen molar-refractivity contribution in [2.75, 3.05) is 5.32 Å². The molecule has 0 aliphatic rings. The third-order valence-corrected chi connectivity index (χ3v) is 2.77. The molecule has 0 radical (unpaired) electrons. The minimum atomic E-state index is -0.950. The van der Waals surface area contributed by atoms with Gasteiger partial charge in [-0.1, -0.05) is 18.2 Å². The molecule has 0 saturated carbocycles. The largest absolute Gasteiger partial charge is 0.478 e. The molecule has 0 aliphatic heterocycles. The Bertz CT molecular complexity index is 735. The standard InChI is InChI=1S/C14H11N3O2/c18-13(19)9-6-7-11-12(8-9)17-14(16-11)15-10-4-2-1-3-5-10/h1-8H,(H,18,19)(H2,15,16,17). The van der Waals surface area contributed by atoms with Crippen molar-refractivity contribution in [2.45, 2.75) is 0 Å². The van der Waals surface area contributed by atoms with E-state index >= 15 is 0 Å². The molecule has 0 bridgehead atoms. The Kier molecular flexibility index (Phi) is 2.64. The molecule has 1 heterocycles. The molecule has 2 aromatic carbocycles. The predicted molar refractivity (Wildman–Crippen MR) is 72.8 cm³/mol. The van der Waals surface area contributed by atoms with E-state index in [0.29, 0.717) is 11.5 Å². The fourth-order valence-electron chi connectivity index (χ4n) is 1.86. The van der Waals surface area contributed by atoms with Gasteiger partial charge >= 0.3 is 5.97 Å². The van der Waals surface area contributed by atoms with Gasteiger partial charge in [0.05, 0.1) is 16.6 Å². The van der Waals surface area contributed by atoms with E-state index in [1.807, 2.05) is 30.3 Å². The van der Waals surface area contributed by atoms with Crippen LogP contribution in [0.15, 0.2) is 48.5 Å². The lowest BCUT2D eigenvalue weighted by atomic mass is 10.2. The highest BCUT2D eigenvalue weighted by Gasteiger charge is 2.07. The van der Waals surface area contributed by atoms with Crippen LogP contribution in [0, 0.1) is 0 Å². The summed E-state index contributed by atoms with van der Waals surface area (Å²) in [6.07, 6.45) is 0. The Hall–Kier alpha value is -2.82. The third kappa shape index (κ3) is 2.26. The zero-order valence-electron chi connectivity index (χ0n) is 9.92. The Morgan fingerprint density at radius 3 is 2.68 bits per heavy atom. The molecule has 3 N–H and O–H groups in total. The van der Waals surface area contributed by atoms with Crippen molar-refractivity contribution in [2.24, 2.45) is 0 Å². The second kappa shape index (κ2) is 4.45. The monoisotopic (exact) mass is 253 g/mol. The molecule has 0 amide bonds. The Morgan fingerprint density at radius 1 is 1.16 bits per heavy atom. The molecule has 0 atom stereocenters. The van der Waals surface area contributed by atoms with E-state index in [1.165, 1.54) is 6.07 Å². The molecule has 0 fully saturated rings. The number of hydrogen-bond acceptors (Lipinski definition) is 3. The number of anilines is 2. The van der Waals surface area contributed by atoms with Gasteiger partial charge in [0.25, 0.3) is 0 Å². The molecular weight excluding hydrogens is 242 g/mol. The summed E-state index contributed by atoms with van der Waals surface area (Å²) in [5.41, 5.74) is 2.57. The van der Waals surface area contributed by atoms with Crippen LogP contribution < -0.4 is 5.32 Å². The molecule has 5 heteroatoms. The predicted octanol–water partition coefficient (Wildman–Crippen LogP) is 3.00. The van der Waals surface area contributed by atoms with E-state index in [9.17, 15) is 4.79 Å². The first kappa shape index (κ1) is 11.3. The number of H-pyrrole nitrogens is 1. The highest BCUT2D eigenvalue weighted by Crippen LogP contribution is 2.19. The first-order valence-corrected chi connectivity index (χ1v) is 5.77. The number of carbonyl (C=O) groups is 1. The van der Waals surface area contributed by atoms with Crippen molar-refractivity contribution in [1.29, 1.82) is 0 Å². The molecule has 94 valence electrons. The maximum Gasteiger partial charge on any atom is 0.335 e. The van der Waals surface area contributed by atoms with Gasteiger partial charge in [0, 0.05) is 5.69 Å². The lowest BCUT2D eigenvalue weighted by Gasteiger charge is -2.00. The van der Waals surface area contributed by atoms with E-state index < -0.39 is 5.97 Å². The quantitative estimate of drug-likeness (QED) is 0.670. The van der Waals surface area contributed by atoms with Gasteiger partial charge in [-0.2, -0.15) is 0 Å². The number of para-hydroxylation sites is 1. The SMILES string of the molecule is O=C(O)c1ccc2nc(Nc3ccccc3)[nH]c2c1. The summed E-state index contributed by atoms with van der Waals surface area (Å²) in [6, 6.07) is 14.4. The summed E-state index contributed by atoms with van der Waals surface area (Å²) in [7, 11) is 0. The number of carboxylic acids is 1. The van der Waals surface area contributed by atoms with Gasteiger partial charge in [-0.05, 0) is 30.3 Å². The van der Waals surface area contributed by atoms with Gasteiger partial charge in [-0.25, -0.2) is 9.78 Å². The number of rotatable bonds is 3. The van der Waals surface area contributed by atoms with E-state index in [-0.39, 0.29) is 5.56 Å². The van der Waals surface area contributed by atoms with Crippen molar-refractivity contribution in [3.63, 3.8) is 0 Å². The van der Waals surface area contributed by atoms with Crippen molar-refractivity contribution in [3.05, 3.63) is 54.1 Å². The molecule has 0 saturated heterocycles. The number of nitrogens with zero attached hydrogens (tertiary/aromatic N) is 1. The number of imidazole rings is 1. The Morgan fingerprint density at radius 2 is 1.95 bits per heavy atom. The number of fused-ring (bicyclic) bond motifs is 1. The minimum Gasteiger partial charge on any atom is -0.478 e. The van der Waals surface area contributed by atoms with Crippen molar-refractivity contribution in [3.8, 4) is 0 Å². The van der Waals surface area contributed by atoms with Crippen molar-refractivity contribution < 1.29 is 9.90 Å². The number of aromatic nitrogens is 2. The number of hydrogen-bond donors (Lipinski definition) is 3. The van der Waals surface area contributed by atoms with Crippen LogP contribution in [0.1, 0.15) is 10.4 Å². The Balaban J connectivity index is 1.95. The molecular formula is C14H11N3O2. The van der Waals surface area contributed by atoms with Crippen molar-refractivity contribution in [1.82, 2.24) is 9.97 Å². The van der Waals surface area contributed by atoms with E-state index in [4.69, 9.17) is 5.11 Å². The van der Waals surface area contributed by atoms with Gasteiger partial charge in [-0.15, -0.1) is 0 Å². The summed E-state index contributed by atoms with van der Waals surface area (Å²) in [5, 5.41) is 12.1. The van der Waals surface area contributed by atoms with Crippen molar-refractivity contribution >= 4 is 28.6 Å². The fourth-order valence-corrected chi connectivity index (χ4v) is 1.86. The Labute approximate surface area is 108 Å². The van der Waals surface area contributed by atoms with Gasteiger partial charge in [0.15, 0.2) is 0 Å². The van der Waals surface area contributed by atoms with Gasteiger partial charge in [0.1, 0.15) is 0 Å². The van der Waals surface area contributed by atoms with Crippen LogP contribution in [0.25, 0.3) is 11.0 Å². The number of aromatic amines is 1. The number of aromatic carboxylic acids is 1. The van der Waals surface area contributed by atoms with Crippen LogP contribution in [0.3, 0.4) is 0 Å². The molecule has 19 heavy (non-hydrogen) atoms. The van der Waals surface area contributed by atoms with Crippen LogP contribution in [0.2, 0.25) is 0 Å². The van der Waals surface area contributed by atoms with E-state index in [0.717, 1.165) is 11.2 Å². The van der Waals surface area contributed by atoms with E-state index in [2.05, 4.69) is 15.3 Å². The van der Waals surface area contributed by atoms with Crippen LogP contribution in [-0.2, 0) is 0 Å². The molecule has 0 spiro atoms. The highest BCUT2D eigenvalue weighted by molar-refractivity contribution is 5.92. The summed E-state index contributed by atoms with van der Waals surface area (Å²) in [4.78, 5) is 18.3. The molecule has 1 aromatic heterocycles. The minimum absolute atomic E-state index is 0.238. The second-order valence-electron chi connectivity index (χ2n) is 4.11. The molecule has 3 aromatic rings. The molecule has 0 aliphatic carbocycles. The third-order valence-electron chi connectivity index (χ3n) is 2.77. The van der Waals surface area contributed by atoms with Gasteiger partial charge < -0.3 is 15.4 Å². The molecule has 0 unspecified atom stereocenters. The maximum absolute atomic E-state index is 10.9. The average Bonchev–Trinajstić information content (AvgIpc) is 2.80. The first-order chi connectivity index (χ1) is 9.22. The zero-order valence-corrected chi connectivity index (χ0v) is 9.92. The van der Waals surface area contributed by atoms with Gasteiger partial charge in [-0.3, -0.25) is 0 Å².